The zero-order valence-electron chi connectivity index (χ0n) is 16.7. The zero-order chi connectivity index (χ0) is 20.4. The Balaban J connectivity index is 0. The van der Waals surface area contributed by atoms with Crippen LogP contribution in [0.5, 0.6) is 0 Å². The SMILES string of the molecule is CC.CC(C)C.CCc1cccc([N+](=O)[O-])c1.O=CNc1ccccc1. The van der Waals surface area contributed by atoms with Crippen LogP contribution >= 0.6 is 0 Å². The van der Waals surface area contributed by atoms with Crippen molar-refractivity contribution in [2.75, 3.05) is 5.32 Å². The highest BCUT2D eigenvalue weighted by atomic mass is 16.6. The van der Waals surface area contributed by atoms with Gasteiger partial charge in [0.15, 0.2) is 0 Å². The van der Waals surface area contributed by atoms with Gasteiger partial charge in [0.25, 0.3) is 5.69 Å². The summed E-state index contributed by atoms with van der Waals surface area (Å²) in [5.74, 6) is 0.833. The molecule has 144 valence electrons. The summed E-state index contributed by atoms with van der Waals surface area (Å²) in [7, 11) is 0. The maximum atomic E-state index is 10.3. The number of nitro groups is 1. The summed E-state index contributed by atoms with van der Waals surface area (Å²) in [5.41, 5.74) is 2.00. The molecule has 0 heterocycles. The number of hydrogen-bond acceptors (Lipinski definition) is 3. The number of non-ortho nitro benzene ring substituents is 1. The number of aryl methyl sites for hydroxylation is 1. The number of amides is 1. The number of hydrogen-bond donors (Lipinski definition) is 1. The summed E-state index contributed by atoms with van der Waals surface area (Å²) in [6.45, 7) is 12.5. The van der Waals surface area contributed by atoms with Crippen molar-refractivity contribution in [2.45, 2.75) is 48.0 Å². The van der Waals surface area contributed by atoms with Gasteiger partial charge in [-0.25, -0.2) is 0 Å². The molecule has 1 amide bonds. The Morgan fingerprint density at radius 1 is 1.04 bits per heavy atom. The molecule has 0 atom stereocenters. The molecule has 0 spiro atoms. The highest BCUT2D eigenvalue weighted by molar-refractivity contribution is 5.70. The molecule has 0 aliphatic rings. The second-order valence-electron chi connectivity index (χ2n) is 5.64. The fraction of sp³-hybridized carbons (Fsp3) is 0.381. The van der Waals surface area contributed by atoms with E-state index in [1.54, 1.807) is 12.1 Å². The fourth-order valence-electron chi connectivity index (χ4n) is 1.49. The second kappa shape index (κ2) is 17.1. The fourth-order valence-corrected chi connectivity index (χ4v) is 1.49. The van der Waals surface area contributed by atoms with Crippen molar-refractivity contribution in [3.63, 3.8) is 0 Å². The van der Waals surface area contributed by atoms with Gasteiger partial charge in [0.05, 0.1) is 4.92 Å². The number of carbonyl (C=O) groups is 1. The van der Waals surface area contributed by atoms with Crippen LogP contribution in [-0.4, -0.2) is 11.3 Å². The highest BCUT2D eigenvalue weighted by Gasteiger charge is 2.03. The van der Waals surface area contributed by atoms with Crippen LogP contribution in [0.25, 0.3) is 0 Å². The molecule has 1 N–H and O–H groups in total. The maximum absolute atomic E-state index is 10.3. The first-order valence-electron chi connectivity index (χ1n) is 8.89. The Morgan fingerprint density at radius 2 is 1.58 bits per heavy atom. The third-order valence-corrected chi connectivity index (χ3v) is 2.53. The van der Waals surface area contributed by atoms with Crippen molar-refractivity contribution in [1.29, 1.82) is 0 Å². The predicted octanol–water partition coefficient (Wildman–Crippen LogP) is 6.10. The first-order valence-corrected chi connectivity index (χ1v) is 8.89. The lowest BCUT2D eigenvalue weighted by Crippen LogP contribution is -1.91. The minimum atomic E-state index is -0.376. The van der Waals surface area contributed by atoms with E-state index in [2.05, 4.69) is 26.1 Å². The van der Waals surface area contributed by atoms with Gasteiger partial charge in [0.2, 0.25) is 6.41 Å². The molecule has 0 fully saturated rings. The Morgan fingerprint density at radius 3 is 2.00 bits per heavy atom. The van der Waals surface area contributed by atoms with E-state index in [1.807, 2.05) is 57.2 Å². The minimum absolute atomic E-state index is 0.171. The number of nitrogens with zero attached hydrogens (tertiary/aromatic N) is 1. The summed E-state index contributed by atoms with van der Waals surface area (Å²) in [4.78, 5) is 19.8. The Hall–Kier alpha value is -2.69. The number of anilines is 1. The van der Waals surface area contributed by atoms with Gasteiger partial charge in [-0.15, -0.1) is 0 Å². The average Bonchev–Trinajstić information content (AvgIpc) is 2.65. The molecule has 0 aliphatic heterocycles. The molecule has 0 bridgehead atoms. The lowest BCUT2D eigenvalue weighted by Gasteiger charge is -1.94. The lowest BCUT2D eigenvalue weighted by molar-refractivity contribution is -0.384. The van der Waals surface area contributed by atoms with Crippen LogP contribution in [0.2, 0.25) is 0 Å². The van der Waals surface area contributed by atoms with Crippen molar-refractivity contribution in [2.24, 2.45) is 5.92 Å². The number of para-hydroxylation sites is 1. The van der Waals surface area contributed by atoms with E-state index in [4.69, 9.17) is 0 Å². The molecule has 5 heteroatoms. The molecule has 0 aliphatic carbocycles. The monoisotopic (exact) mass is 360 g/mol. The Kier molecular flexibility index (Phi) is 16.8. The Labute approximate surface area is 157 Å². The van der Waals surface area contributed by atoms with E-state index < -0.39 is 0 Å². The van der Waals surface area contributed by atoms with Crippen LogP contribution in [0.15, 0.2) is 54.6 Å². The van der Waals surface area contributed by atoms with Gasteiger partial charge in [-0.3, -0.25) is 14.9 Å². The van der Waals surface area contributed by atoms with Crippen LogP contribution in [-0.2, 0) is 11.2 Å². The van der Waals surface area contributed by atoms with Crippen molar-refractivity contribution in [1.82, 2.24) is 0 Å². The topological polar surface area (TPSA) is 72.2 Å². The van der Waals surface area contributed by atoms with Crippen LogP contribution in [0.1, 0.15) is 47.1 Å². The second-order valence-corrected chi connectivity index (χ2v) is 5.64. The quantitative estimate of drug-likeness (QED) is 0.407. The number of nitrogens with one attached hydrogen (secondary N) is 1. The van der Waals surface area contributed by atoms with E-state index >= 15 is 0 Å². The number of nitro benzene ring substituents is 1. The maximum Gasteiger partial charge on any atom is 0.269 e. The molecule has 0 saturated heterocycles. The molecular formula is C21H32N2O3. The third-order valence-electron chi connectivity index (χ3n) is 2.53. The summed E-state index contributed by atoms with van der Waals surface area (Å²) in [6.07, 6.45) is 1.50. The molecule has 2 aromatic rings. The van der Waals surface area contributed by atoms with Gasteiger partial charge < -0.3 is 5.32 Å². The smallest absolute Gasteiger partial charge is 0.269 e. The van der Waals surface area contributed by atoms with Gasteiger partial charge in [0.1, 0.15) is 0 Å². The molecule has 5 nitrogen and oxygen atoms in total. The molecule has 2 aromatic carbocycles. The number of benzene rings is 2. The minimum Gasteiger partial charge on any atom is -0.329 e. The van der Waals surface area contributed by atoms with Crippen LogP contribution in [0.3, 0.4) is 0 Å². The number of carbonyl (C=O) groups excluding carboxylic acids is 1. The highest BCUT2D eigenvalue weighted by Crippen LogP contribution is 2.12. The Bertz CT molecular complexity index is 596. The lowest BCUT2D eigenvalue weighted by atomic mass is 10.1. The first-order chi connectivity index (χ1) is 12.4. The molecule has 26 heavy (non-hydrogen) atoms. The van der Waals surface area contributed by atoms with Crippen molar-refractivity contribution >= 4 is 17.8 Å². The van der Waals surface area contributed by atoms with E-state index in [0.717, 1.165) is 23.6 Å². The van der Waals surface area contributed by atoms with Gasteiger partial charge in [0, 0.05) is 17.8 Å². The van der Waals surface area contributed by atoms with E-state index in [0.29, 0.717) is 6.41 Å². The normalized spacial score (nSPS) is 8.58. The van der Waals surface area contributed by atoms with Crippen molar-refractivity contribution in [3.8, 4) is 0 Å². The summed E-state index contributed by atoms with van der Waals surface area (Å²) < 4.78 is 0. The van der Waals surface area contributed by atoms with Crippen LogP contribution in [0.4, 0.5) is 11.4 Å². The predicted molar refractivity (Wildman–Crippen MR) is 110 cm³/mol. The molecule has 0 aromatic heterocycles. The van der Waals surface area contributed by atoms with Crippen molar-refractivity contribution in [3.05, 3.63) is 70.3 Å². The molecule has 0 unspecified atom stereocenters. The molecule has 2 rings (SSSR count). The largest absolute Gasteiger partial charge is 0.329 e. The van der Waals surface area contributed by atoms with Gasteiger partial charge in [-0.05, 0) is 30.0 Å². The van der Waals surface area contributed by atoms with Crippen LogP contribution in [0, 0.1) is 16.0 Å². The first kappa shape index (κ1) is 25.5. The van der Waals surface area contributed by atoms with E-state index in [1.165, 1.54) is 6.07 Å². The standard InChI is InChI=1S/C8H9NO2.C7H7NO.C4H10.C2H6/c1-2-7-4-3-5-8(6-7)9(10)11;9-6-8-7-4-2-1-3-5-7;1-4(2)3;1-2/h3-6H,2H2,1H3;1-6H,(H,8,9);4H,1-3H3;1-2H3. The third kappa shape index (κ3) is 14.9. The van der Waals surface area contributed by atoms with Crippen molar-refractivity contribution < 1.29 is 9.72 Å². The van der Waals surface area contributed by atoms with E-state index in [9.17, 15) is 14.9 Å². The summed E-state index contributed by atoms with van der Waals surface area (Å²) in [6, 6.07) is 16.0. The van der Waals surface area contributed by atoms with Gasteiger partial charge >= 0.3 is 0 Å². The summed E-state index contributed by atoms with van der Waals surface area (Å²) >= 11 is 0. The molecule has 0 radical (unpaired) electrons. The summed E-state index contributed by atoms with van der Waals surface area (Å²) in [5, 5.41) is 12.8. The average molecular weight is 360 g/mol. The zero-order valence-corrected chi connectivity index (χ0v) is 16.7. The molecule has 0 saturated carbocycles. The van der Waals surface area contributed by atoms with Gasteiger partial charge in [-0.1, -0.05) is 71.9 Å². The van der Waals surface area contributed by atoms with Gasteiger partial charge in [-0.2, -0.15) is 0 Å². The van der Waals surface area contributed by atoms with Crippen LogP contribution < -0.4 is 5.32 Å². The molecular weight excluding hydrogens is 328 g/mol. The van der Waals surface area contributed by atoms with E-state index in [-0.39, 0.29) is 10.6 Å². The number of rotatable bonds is 4.